The third kappa shape index (κ3) is 7.77. The number of carbonyl (C=O) groups excluding carboxylic acids is 1. The van der Waals surface area contributed by atoms with Crippen molar-refractivity contribution in [1.82, 2.24) is 5.32 Å². The number of benzene rings is 5. The van der Waals surface area contributed by atoms with Crippen LogP contribution in [0.5, 0.6) is 5.75 Å². The Hall–Kier alpha value is -5.32. The van der Waals surface area contributed by atoms with Crippen molar-refractivity contribution in [1.29, 1.82) is 0 Å². The van der Waals surface area contributed by atoms with E-state index in [0.29, 0.717) is 29.9 Å². The molecule has 1 aliphatic heterocycles. The van der Waals surface area contributed by atoms with Crippen LogP contribution in [0.25, 0.3) is 11.1 Å². The van der Waals surface area contributed by atoms with E-state index < -0.39 is 39.0 Å². The van der Waals surface area contributed by atoms with E-state index in [9.17, 15) is 17.6 Å². The molecule has 10 heteroatoms. The highest BCUT2D eigenvalue weighted by Crippen LogP contribution is 2.43. The van der Waals surface area contributed by atoms with Gasteiger partial charge in [-0.15, -0.1) is 0 Å². The number of hydrogen-bond donors (Lipinski definition) is 2. The monoisotopic (exact) mass is 692 g/mol. The summed E-state index contributed by atoms with van der Waals surface area (Å²) in [5.74, 6) is -0.741. The second-order valence-corrected chi connectivity index (χ2v) is 14.0. The van der Waals surface area contributed by atoms with Gasteiger partial charge in [0.05, 0.1) is 17.3 Å². The predicted octanol–water partition coefficient (Wildman–Crippen LogP) is 6.69. The second kappa shape index (κ2) is 15.5. The molecule has 5 aromatic carbocycles. The van der Waals surface area contributed by atoms with Crippen LogP contribution >= 0.6 is 0 Å². The van der Waals surface area contributed by atoms with Crippen LogP contribution in [0.2, 0.25) is 0 Å². The summed E-state index contributed by atoms with van der Waals surface area (Å²) in [6.45, 7) is 0.218. The Morgan fingerprint density at radius 3 is 2.12 bits per heavy atom. The van der Waals surface area contributed by atoms with E-state index in [2.05, 4.69) is 5.32 Å². The average molecular weight is 693 g/mol. The maximum absolute atomic E-state index is 14.6. The molecule has 5 aromatic rings. The first-order valence-electron chi connectivity index (χ1n) is 16.3. The summed E-state index contributed by atoms with van der Waals surface area (Å²) in [6.07, 6.45) is -0.752. The molecule has 0 aromatic heterocycles. The molecule has 1 heterocycles. The molecule has 1 amide bonds. The van der Waals surface area contributed by atoms with Crippen LogP contribution in [0.4, 0.5) is 4.39 Å². The summed E-state index contributed by atoms with van der Waals surface area (Å²) < 4.78 is 54.1. The molecule has 6 rings (SSSR count). The highest BCUT2D eigenvalue weighted by atomic mass is 32.2. The van der Waals surface area contributed by atoms with Crippen molar-refractivity contribution in [3.8, 4) is 16.9 Å². The van der Waals surface area contributed by atoms with Gasteiger partial charge in [-0.05, 0) is 59.2 Å². The van der Waals surface area contributed by atoms with Crippen molar-refractivity contribution >= 4 is 21.6 Å². The molecule has 0 radical (unpaired) electrons. The summed E-state index contributed by atoms with van der Waals surface area (Å²) in [6, 6.07) is 38.5. The van der Waals surface area contributed by atoms with E-state index in [4.69, 9.17) is 19.6 Å². The molecule has 50 heavy (non-hydrogen) atoms. The topological polar surface area (TPSA) is 114 Å². The number of aliphatic imine (C=N–C) groups is 1. The van der Waals surface area contributed by atoms with Crippen LogP contribution in [0.1, 0.15) is 35.6 Å². The Balaban J connectivity index is 1.41. The van der Waals surface area contributed by atoms with E-state index in [1.165, 1.54) is 18.2 Å². The zero-order chi connectivity index (χ0) is 35.0. The van der Waals surface area contributed by atoms with Crippen LogP contribution < -0.4 is 10.1 Å². The minimum absolute atomic E-state index is 0.0114. The molecule has 256 valence electrons. The average Bonchev–Trinajstić information content (AvgIpc) is 3.56. The quantitative estimate of drug-likeness (QED) is 0.125. The second-order valence-electron chi connectivity index (χ2n) is 11.9. The van der Waals surface area contributed by atoms with Gasteiger partial charge in [-0.3, -0.25) is 4.79 Å². The minimum atomic E-state index is -3.84. The third-order valence-electron chi connectivity index (χ3n) is 8.60. The summed E-state index contributed by atoms with van der Waals surface area (Å²) in [7, 11) is -3.84. The van der Waals surface area contributed by atoms with E-state index in [0.717, 1.165) is 11.1 Å². The highest BCUT2D eigenvalue weighted by molar-refractivity contribution is 7.91. The number of nitrogens with zero attached hydrogens (tertiary/aromatic N) is 1. The van der Waals surface area contributed by atoms with Gasteiger partial charge in [0.15, 0.2) is 21.5 Å². The fourth-order valence-electron chi connectivity index (χ4n) is 5.86. The van der Waals surface area contributed by atoms with Gasteiger partial charge in [-0.1, -0.05) is 91.0 Å². The molecular formula is C40H37FN2O6S. The summed E-state index contributed by atoms with van der Waals surface area (Å²) >= 11 is 0. The van der Waals surface area contributed by atoms with Gasteiger partial charge >= 0.3 is 0 Å². The SMILES string of the molecule is O=C(NCc1ccccc1F)[C@]1(CCS(=O)(=O)c2ccccc2)N=C(c2ccc(OCCCO)cc2)O[C@@H]1c1ccc(-c2ccccc2)cc1. The lowest BCUT2D eigenvalue weighted by molar-refractivity contribution is -0.129. The van der Waals surface area contributed by atoms with Crippen LogP contribution in [0.15, 0.2) is 143 Å². The number of ether oxygens (including phenoxy) is 2. The summed E-state index contributed by atoms with van der Waals surface area (Å²) in [5, 5.41) is 11.9. The summed E-state index contributed by atoms with van der Waals surface area (Å²) in [4.78, 5) is 19.5. The molecule has 0 fully saturated rings. The van der Waals surface area contributed by atoms with Gasteiger partial charge in [-0.2, -0.15) is 0 Å². The number of amides is 1. The number of carbonyl (C=O) groups is 1. The summed E-state index contributed by atoms with van der Waals surface area (Å²) in [5.41, 5.74) is 1.66. The third-order valence-corrected chi connectivity index (χ3v) is 10.3. The molecule has 0 aliphatic carbocycles. The smallest absolute Gasteiger partial charge is 0.252 e. The van der Waals surface area contributed by atoms with E-state index in [-0.39, 0.29) is 35.9 Å². The molecule has 8 nitrogen and oxygen atoms in total. The zero-order valence-electron chi connectivity index (χ0n) is 27.2. The molecule has 0 spiro atoms. The van der Waals surface area contributed by atoms with Crippen molar-refractivity contribution in [2.75, 3.05) is 19.0 Å². The first-order chi connectivity index (χ1) is 24.3. The highest BCUT2D eigenvalue weighted by Gasteiger charge is 2.53. The number of aliphatic hydroxyl groups is 1. The molecule has 0 unspecified atom stereocenters. The maximum atomic E-state index is 14.6. The number of sulfone groups is 1. The van der Waals surface area contributed by atoms with Gasteiger partial charge < -0.3 is 19.9 Å². The first-order valence-corrected chi connectivity index (χ1v) is 18.0. The largest absolute Gasteiger partial charge is 0.494 e. The molecular weight excluding hydrogens is 656 g/mol. The Morgan fingerprint density at radius 1 is 0.820 bits per heavy atom. The minimum Gasteiger partial charge on any atom is -0.494 e. The molecule has 0 saturated carbocycles. The predicted molar refractivity (Wildman–Crippen MR) is 190 cm³/mol. The molecule has 2 N–H and O–H groups in total. The van der Waals surface area contributed by atoms with Gasteiger partial charge in [0, 0.05) is 37.1 Å². The van der Waals surface area contributed by atoms with E-state index >= 15 is 0 Å². The van der Waals surface area contributed by atoms with Crippen molar-refractivity contribution in [2.45, 2.75) is 35.9 Å². The van der Waals surface area contributed by atoms with E-state index in [1.807, 2.05) is 54.6 Å². The van der Waals surface area contributed by atoms with Crippen molar-refractivity contribution in [2.24, 2.45) is 4.99 Å². The van der Waals surface area contributed by atoms with Gasteiger partial charge in [0.2, 0.25) is 5.90 Å². The van der Waals surface area contributed by atoms with Crippen LogP contribution in [0.3, 0.4) is 0 Å². The van der Waals surface area contributed by atoms with Gasteiger partial charge in [-0.25, -0.2) is 17.8 Å². The Bertz CT molecular complexity index is 2040. The van der Waals surface area contributed by atoms with Gasteiger partial charge in [0.25, 0.3) is 5.91 Å². The number of aliphatic hydroxyl groups excluding tert-OH is 1. The molecule has 0 bridgehead atoms. The lowest BCUT2D eigenvalue weighted by Crippen LogP contribution is -2.49. The Kier molecular flexibility index (Phi) is 10.7. The molecule has 2 atom stereocenters. The Morgan fingerprint density at radius 2 is 1.44 bits per heavy atom. The van der Waals surface area contributed by atoms with Crippen LogP contribution in [-0.2, 0) is 25.9 Å². The maximum Gasteiger partial charge on any atom is 0.252 e. The lowest BCUT2D eigenvalue weighted by Gasteiger charge is -2.31. The fourth-order valence-corrected chi connectivity index (χ4v) is 7.24. The van der Waals surface area contributed by atoms with Crippen molar-refractivity contribution in [3.63, 3.8) is 0 Å². The van der Waals surface area contributed by atoms with Crippen molar-refractivity contribution in [3.05, 3.63) is 156 Å². The van der Waals surface area contributed by atoms with Crippen LogP contribution in [0, 0.1) is 5.82 Å². The number of nitrogens with one attached hydrogen (secondary N) is 1. The Labute approximate surface area is 291 Å². The number of hydrogen-bond acceptors (Lipinski definition) is 7. The first kappa shape index (κ1) is 34.5. The van der Waals surface area contributed by atoms with E-state index in [1.54, 1.807) is 60.7 Å². The van der Waals surface area contributed by atoms with Gasteiger partial charge in [0.1, 0.15) is 11.6 Å². The normalized spacial score (nSPS) is 17.1. The number of halogens is 1. The fraction of sp³-hybridized carbons (Fsp3) is 0.200. The van der Waals surface area contributed by atoms with Crippen LogP contribution in [-0.4, -0.2) is 49.8 Å². The van der Waals surface area contributed by atoms with Crippen molar-refractivity contribution < 1.29 is 32.2 Å². The zero-order valence-corrected chi connectivity index (χ0v) is 28.1. The molecule has 0 saturated heterocycles. The number of rotatable bonds is 14. The molecule has 1 aliphatic rings. The standard InChI is InChI=1S/C40H37FN2O6S/c41-36-15-8-7-12-33(36)28-42-39(45)40(24-27-50(46,47)35-13-5-2-6-14-35)37(31-18-16-30(17-19-31)29-10-3-1-4-11-29)49-38(43-40)32-20-22-34(23-21-32)48-26-9-25-44/h1-8,10-23,37,44H,9,24-28H2,(H,42,45)/t37-,40-/m1/s1. The lowest BCUT2D eigenvalue weighted by atomic mass is 9.84.